The van der Waals surface area contributed by atoms with E-state index in [1.165, 1.54) is 17.0 Å². The average Bonchev–Trinajstić information content (AvgIpc) is 2.67. The number of rotatable bonds is 2. The van der Waals surface area contributed by atoms with Gasteiger partial charge in [-0.25, -0.2) is 0 Å². The molecular weight excluding hydrogens is 407 g/mol. The van der Waals surface area contributed by atoms with Crippen molar-refractivity contribution in [1.82, 2.24) is 4.90 Å². The molecule has 5 nitrogen and oxygen atoms in total. The molecule has 2 aliphatic heterocycles. The van der Waals surface area contributed by atoms with Crippen molar-refractivity contribution < 1.29 is 22.7 Å². The highest BCUT2D eigenvalue weighted by Crippen LogP contribution is 2.36. The van der Waals surface area contributed by atoms with E-state index in [0.29, 0.717) is 31.0 Å². The maximum absolute atomic E-state index is 13.1. The highest BCUT2D eigenvalue weighted by molar-refractivity contribution is 6.34. The minimum absolute atomic E-state index is 0.148. The topological polar surface area (TPSA) is 67.9 Å². The van der Waals surface area contributed by atoms with E-state index in [4.69, 9.17) is 22.1 Å². The number of hydrogen-bond acceptors (Lipinski definition) is 4. The van der Waals surface area contributed by atoms with Gasteiger partial charge in [0.05, 0.1) is 28.4 Å². The summed E-state index contributed by atoms with van der Waals surface area (Å²) >= 11 is 5.93. The molecule has 158 valence electrons. The maximum Gasteiger partial charge on any atom is 0.417 e. The number of carbonyl (C=O) groups excluding carboxylic acids is 1. The molecule has 0 radical (unpaired) electrons. The second-order valence-corrected chi connectivity index (χ2v) is 7.58. The van der Waals surface area contributed by atoms with Crippen LogP contribution in [0.15, 0.2) is 34.5 Å². The third-order valence-corrected chi connectivity index (χ3v) is 5.48. The third kappa shape index (κ3) is 4.93. The second-order valence-electron chi connectivity index (χ2n) is 7.20. The molecule has 2 aliphatic rings. The van der Waals surface area contributed by atoms with Crippen molar-refractivity contribution in [3.8, 4) is 0 Å². The fourth-order valence-corrected chi connectivity index (χ4v) is 3.86. The zero-order chi connectivity index (χ0) is 21.2. The third-order valence-electron chi connectivity index (χ3n) is 5.07. The number of nitrogens with zero attached hydrogens (tertiary/aromatic N) is 2. The van der Waals surface area contributed by atoms with Crippen LogP contribution in [0.1, 0.15) is 48.5 Å². The van der Waals surface area contributed by atoms with Crippen LogP contribution in [0.25, 0.3) is 0 Å². The normalized spacial score (nSPS) is 24.0. The summed E-state index contributed by atoms with van der Waals surface area (Å²) in [6, 6.07) is 3.36. The monoisotopic (exact) mass is 429 g/mol. The summed E-state index contributed by atoms with van der Waals surface area (Å²) in [6.07, 6.45) is -1.68. The first kappa shape index (κ1) is 21.6. The Labute approximate surface area is 172 Å². The van der Waals surface area contributed by atoms with Crippen molar-refractivity contribution in [3.05, 3.63) is 45.6 Å². The van der Waals surface area contributed by atoms with Gasteiger partial charge >= 0.3 is 6.18 Å². The van der Waals surface area contributed by atoms with Crippen molar-refractivity contribution >= 4 is 23.2 Å². The number of halogens is 4. The molecule has 1 aromatic rings. The van der Waals surface area contributed by atoms with Crippen LogP contribution in [0.2, 0.25) is 5.02 Å². The van der Waals surface area contributed by atoms with E-state index in [0.717, 1.165) is 30.9 Å². The second kappa shape index (κ2) is 8.75. The highest BCUT2D eigenvalue weighted by atomic mass is 35.5. The van der Waals surface area contributed by atoms with E-state index in [1.54, 1.807) is 6.92 Å². The largest absolute Gasteiger partial charge is 0.417 e. The number of piperidine rings is 1. The molecule has 1 aromatic carbocycles. The lowest BCUT2D eigenvalue weighted by molar-refractivity contribution is -0.137. The molecule has 0 spiro atoms. The summed E-state index contributed by atoms with van der Waals surface area (Å²) < 4.78 is 45.1. The lowest BCUT2D eigenvalue weighted by atomic mass is 9.98. The van der Waals surface area contributed by atoms with Crippen LogP contribution in [-0.4, -0.2) is 42.4 Å². The number of hydrogen-bond donors (Lipinski definition) is 1. The first-order valence-electron chi connectivity index (χ1n) is 9.47. The van der Waals surface area contributed by atoms with Gasteiger partial charge in [-0.1, -0.05) is 17.7 Å². The Morgan fingerprint density at radius 3 is 2.72 bits per heavy atom. The van der Waals surface area contributed by atoms with Gasteiger partial charge in [0, 0.05) is 18.8 Å². The van der Waals surface area contributed by atoms with Crippen LogP contribution in [0.3, 0.4) is 0 Å². The number of allylic oxidation sites excluding steroid dienone is 1. The molecule has 1 atom stereocenters. The van der Waals surface area contributed by atoms with Crippen LogP contribution in [0, 0.1) is 0 Å². The van der Waals surface area contributed by atoms with Gasteiger partial charge in [0.25, 0.3) is 5.91 Å². The molecule has 29 heavy (non-hydrogen) atoms. The predicted molar refractivity (Wildman–Crippen MR) is 105 cm³/mol. The van der Waals surface area contributed by atoms with Crippen LogP contribution in [0.4, 0.5) is 13.2 Å². The molecule has 9 heteroatoms. The van der Waals surface area contributed by atoms with E-state index < -0.39 is 22.7 Å². The van der Waals surface area contributed by atoms with Crippen LogP contribution in [0.5, 0.6) is 0 Å². The molecule has 2 N–H and O–H groups in total. The lowest BCUT2D eigenvalue weighted by Crippen LogP contribution is -2.42. The highest BCUT2D eigenvalue weighted by Gasteiger charge is 2.36. The molecule has 3 rings (SSSR count). The number of alkyl halides is 3. The van der Waals surface area contributed by atoms with Crippen molar-refractivity contribution in [2.45, 2.75) is 45.0 Å². The molecule has 0 bridgehead atoms. The predicted octanol–water partition coefficient (Wildman–Crippen LogP) is 4.41. The number of likely N-dealkylation sites (tertiary alicyclic amines) is 1. The molecule has 1 amide bonds. The summed E-state index contributed by atoms with van der Waals surface area (Å²) in [4.78, 5) is 19.1. The molecule has 0 saturated carbocycles. The Hall–Kier alpha value is -2.06. The van der Waals surface area contributed by atoms with Gasteiger partial charge in [0.1, 0.15) is 6.23 Å². The number of benzene rings is 1. The van der Waals surface area contributed by atoms with E-state index >= 15 is 0 Å². The van der Waals surface area contributed by atoms with Crippen molar-refractivity contribution in [2.24, 2.45) is 10.7 Å². The fraction of sp³-hybridized carbons (Fsp3) is 0.500. The number of nitrogens with two attached hydrogens (primary N) is 1. The molecule has 2 fully saturated rings. The molecule has 2 saturated heterocycles. The smallest absolute Gasteiger partial charge is 0.402 e. The quantitative estimate of drug-likeness (QED) is 0.757. The van der Waals surface area contributed by atoms with Crippen molar-refractivity contribution in [3.63, 3.8) is 0 Å². The number of amides is 1. The van der Waals surface area contributed by atoms with Gasteiger partial charge in [0.2, 0.25) is 0 Å². The zero-order valence-corrected chi connectivity index (χ0v) is 16.8. The van der Waals surface area contributed by atoms with E-state index in [9.17, 15) is 18.0 Å². The van der Waals surface area contributed by atoms with E-state index in [-0.39, 0.29) is 18.3 Å². The van der Waals surface area contributed by atoms with Gasteiger partial charge in [-0.05, 0) is 50.3 Å². The summed E-state index contributed by atoms with van der Waals surface area (Å²) in [7, 11) is 0. The van der Waals surface area contributed by atoms with Gasteiger partial charge in [-0.3, -0.25) is 9.79 Å². The molecule has 2 heterocycles. The number of ether oxygens (including phenoxy) is 1. The first-order valence-corrected chi connectivity index (χ1v) is 9.85. The Morgan fingerprint density at radius 2 is 2.10 bits per heavy atom. The molecule has 0 aromatic heterocycles. The minimum atomic E-state index is -4.63. The van der Waals surface area contributed by atoms with Gasteiger partial charge in [-0.15, -0.1) is 0 Å². The Bertz CT molecular complexity index is 842. The Kier molecular flexibility index (Phi) is 6.53. The average molecular weight is 430 g/mol. The van der Waals surface area contributed by atoms with Crippen LogP contribution in [-0.2, 0) is 10.9 Å². The lowest BCUT2D eigenvalue weighted by Gasteiger charge is -2.32. The SMILES string of the molecule is CC(N)=C1CCN(C(=O)c2cccc(C(F)(F)F)c2Cl)CC1=NC1CCCCO1. The summed E-state index contributed by atoms with van der Waals surface area (Å²) in [5.74, 6) is -0.563. The number of carbonyl (C=O) groups is 1. The zero-order valence-electron chi connectivity index (χ0n) is 16.1. The van der Waals surface area contributed by atoms with E-state index in [1.807, 2.05) is 0 Å². The standard InChI is InChI=1S/C20H23ClF3N3O2/c1-12(25)13-8-9-27(11-16(13)26-17-7-2-3-10-29-17)19(28)14-5-4-6-15(18(14)21)20(22,23)24/h4-6,17H,2-3,7-11,25H2,1H3. The van der Waals surface area contributed by atoms with Crippen molar-refractivity contribution in [2.75, 3.05) is 19.7 Å². The van der Waals surface area contributed by atoms with Gasteiger partial charge in [0.15, 0.2) is 0 Å². The summed E-state index contributed by atoms with van der Waals surface area (Å²) in [5, 5.41) is -0.588. The summed E-state index contributed by atoms with van der Waals surface area (Å²) in [6.45, 7) is 2.87. The number of aliphatic imine (C=N–C) groups is 1. The molecular formula is C20H23ClF3N3O2. The van der Waals surface area contributed by atoms with E-state index in [2.05, 4.69) is 4.99 Å². The fourth-order valence-electron chi connectivity index (χ4n) is 3.55. The Balaban J connectivity index is 1.87. The Morgan fingerprint density at radius 1 is 1.34 bits per heavy atom. The van der Waals surface area contributed by atoms with Gasteiger partial charge in [-0.2, -0.15) is 13.2 Å². The minimum Gasteiger partial charge on any atom is -0.402 e. The summed E-state index contributed by atoms with van der Waals surface area (Å²) in [5.41, 5.74) is 6.91. The first-order chi connectivity index (χ1) is 13.7. The van der Waals surface area contributed by atoms with Gasteiger partial charge < -0.3 is 15.4 Å². The van der Waals surface area contributed by atoms with Crippen LogP contribution >= 0.6 is 11.6 Å². The molecule has 0 aliphatic carbocycles. The molecule has 1 unspecified atom stereocenters. The maximum atomic E-state index is 13.1. The van der Waals surface area contributed by atoms with Crippen LogP contribution < -0.4 is 5.73 Å². The van der Waals surface area contributed by atoms with Crippen molar-refractivity contribution in [1.29, 1.82) is 0 Å².